The fourth-order valence-electron chi connectivity index (χ4n) is 3.62. The molecular formula is C18H26N2OS. The smallest absolute Gasteiger partial charge is 0.119 e. The van der Waals surface area contributed by atoms with Crippen LogP contribution in [0.3, 0.4) is 0 Å². The quantitative estimate of drug-likeness (QED) is 0.862. The molecule has 3 nitrogen and oxygen atoms in total. The van der Waals surface area contributed by atoms with Gasteiger partial charge in [0.25, 0.3) is 0 Å². The van der Waals surface area contributed by atoms with Gasteiger partial charge in [-0.15, -0.1) is 0 Å². The van der Waals surface area contributed by atoms with E-state index in [2.05, 4.69) is 29.3 Å². The van der Waals surface area contributed by atoms with E-state index in [1.807, 2.05) is 6.07 Å². The number of piperidine rings is 1. The highest BCUT2D eigenvalue weighted by Gasteiger charge is 2.34. The topological polar surface area (TPSA) is 24.5 Å². The average Bonchev–Trinajstić information content (AvgIpc) is 2.57. The van der Waals surface area contributed by atoms with Crippen LogP contribution in [0.1, 0.15) is 43.7 Å². The minimum atomic E-state index is 0.115. The fourth-order valence-corrected chi connectivity index (χ4v) is 3.87. The third-order valence-electron chi connectivity index (χ3n) is 5.19. The molecule has 0 bridgehead atoms. The van der Waals surface area contributed by atoms with Crippen LogP contribution < -0.4 is 10.1 Å². The van der Waals surface area contributed by atoms with Crippen molar-refractivity contribution in [3.05, 3.63) is 29.3 Å². The Hall–Kier alpha value is -1.13. The zero-order valence-electron chi connectivity index (χ0n) is 13.7. The molecule has 1 saturated heterocycles. The van der Waals surface area contributed by atoms with Gasteiger partial charge in [-0.1, -0.05) is 25.6 Å². The number of methoxy groups -OCH3 is 1. The highest BCUT2D eigenvalue weighted by atomic mass is 32.1. The van der Waals surface area contributed by atoms with Crippen LogP contribution in [0.15, 0.2) is 18.2 Å². The molecule has 1 aromatic carbocycles. The van der Waals surface area contributed by atoms with Gasteiger partial charge in [-0.3, -0.25) is 0 Å². The molecular weight excluding hydrogens is 292 g/mol. The van der Waals surface area contributed by atoms with Crippen LogP contribution in [0.25, 0.3) is 0 Å². The van der Waals surface area contributed by atoms with Gasteiger partial charge in [0.2, 0.25) is 0 Å². The second-order valence-corrected chi connectivity index (χ2v) is 7.22. The van der Waals surface area contributed by atoms with Gasteiger partial charge >= 0.3 is 0 Å². The van der Waals surface area contributed by atoms with Crippen molar-refractivity contribution in [1.29, 1.82) is 0 Å². The van der Waals surface area contributed by atoms with Crippen LogP contribution >= 0.6 is 12.2 Å². The zero-order valence-corrected chi connectivity index (χ0v) is 14.5. The molecule has 0 radical (unpaired) electrons. The third-order valence-corrected chi connectivity index (χ3v) is 5.55. The van der Waals surface area contributed by atoms with E-state index in [4.69, 9.17) is 17.0 Å². The summed E-state index contributed by atoms with van der Waals surface area (Å²) in [5.41, 5.74) is 2.62. The van der Waals surface area contributed by atoms with E-state index < -0.39 is 0 Å². The third kappa shape index (κ3) is 3.13. The number of hydrogen-bond donors (Lipinski definition) is 1. The molecule has 0 amide bonds. The molecule has 120 valence electrons. The highest BCUT2D eigenvalue weighted by Crippen LogP contribution is 2.36. The molecule has 22 heavy (non-hydrogen) atoms. The lowest BCUT2D eigenvalue weighted by atomic mass is 9.74. The molecule has 1 N–H and O–H groups in total. The van der Waals surface area contributed by atoms with Crippen molar-refractivity contribution in [2.45, 2.75) is 38.0 Å². The van der Waals surface area contributed by atoms with Crippen molar-refractivity contribution in [1.82, 2.24) is 10.2 Å². The van der Waals surface area contributed by atoms with E-state index >= 15 is 0 Å². The van der Waals surface area contributed by atoms with Crippen molar-refractivity contribution in [3.8, 4) is 5.75 Å². The van der Waals surface area contributed by atoms with Gasteiger partial charge in [0, 0.05) is 17.5 Å². The van der Waals surface area contributed by atoms with Crippen LogP contribution in [0.5, 0.6) is 5.75 Å². The standard InChI is InChI=1S/C18H26N2OS/c1-18(8-11-20-9-4-3-5-10-20)13-19-17(22)15-7-6-14(21-2)12-16(15)18/h6-7,12H,3-5,8-11,13H2,1-2H3,(H,19,22). The molecule has 3 rings (SSSR count). The minimum Gasteiger partial charge on any atom is -0.497 e. The Bertz CT molecular complexity index is 554. The van der Waals surface area contributed by atoms with Gasteiger partial charge in [-0.25, -0.2) is 0 Å². The number of rotatable bonds is 4. The maximum atomic E-state index is 5.49. The van der Waals surface area contributed by atoms with Crippen LogP contribution in [0, 0.1) is 0 Å². The van der Waals surface area contributed by atoms with E-state index in [0.29, 0.717) is 0 Å². The second kappa shape index (κ2) is 6.55. The van der Waals surface area contributed by atoms with Crippen LogP contribution in [0.2, 0.25) is 0 Å². The van der Waals surface area contributed by atoms with Gasteiger partial charge in [0.1, 0.15) is 10.7 Å². The number of nitrogens with zero attached hydrogens (tertiary/aromatic N) is 1. The van der Waals surface area contributed by atoms with E-state index in [-0.39, 0.29) is 5.41 Å². The molecule has 2 aliphatic rings. The van der Waals surface area contributed by atoms with Crippen LogP contribution in [-0.2, 0) is 5.41 Å². The van der Waals surface area contributed by atoms with Crippen molar-refractivity contribution >= 4 is 17.2 Å². The lowest BCUT2D eigenvalue weighted by Crippen LogP contribution is -2.46. The summed E-state index contributed by atoms with van der Waals surface area (Å²) < 4.78 is 5.43. The molecule has 2 aliphatic heterocycles. The van der Waals surface area contributed by atoms with Gasteiger partial charge in [0.05, 0.1) is 7.11 Å². The Morgan fingerprint density at radius 2 is 2.05 bits per heavy atom. The van der Waals surface area contributed by atoms with Crippen LogP contribution in [-0.4, -0.2) is 43.2 Å². The minimum absolute atomic E-state index is 0.115. The molecule has 1 atom stereocenters. The zero-order chi connectivity index (χ0) is 15.6. The maximum absolute atomic E-state index is 5.49. The number of hydrogen-bond acceptors (Lipinski definition) is 3. The monoisotopic (exact) mass is 318 g/mol. The SMILES string of the molecule is COc1ccc2c(c1)C(C)(CCN1CCCCC1)CNC2=S. The number of nitrogens with one attached hydrogen (secondary N) is 1. The maximum Gasteiger partial charge on any atom is 0.119 e. The second-order valence-electron chi connectivity index (χ2n) is 6.81. The largest absolute Gasteiger partial charge is 0.497 e. The first kappa shape index (κ1) is 15.8. The van der Waals surface area contributed by atoms with Crippen molar-refractivity contribution < 1.29 is 4.74 Å². The lowest BCUT2D eigenvalue weighted by Gasteiger charge is -2.39. The summed E-state index contributed by atoms with van der Waals surface area (Å²) in [7, 11) is 1.73. The number of fused-ring (bicyclic) bond motifs is 1. The van der Waals surface area contributed by atoms with Gasteiger partial charge in [-0.2, -0.15) is 0 Å². The van der Waals surface area contributed by atoms with Crippen molar-refractivity contribution in [2.75, 3.05) is 33.3 Å². The Labute approximate surface area is 139 Å². The molecule has 0 spiro atoms. The number of ether oxygens (including phenoxy) is 1. The van der Waals surface area contributed by atoms with Gasteiger partial charge in [-0.05, 0) is 62.7 Å². The Morgan fingerprint density at radius 3 is 2.77 bits per heavy atom. The average molecular weight is 318 g/mol. The Balaban J connectivity index is 1.80. The van der Waals surface area contributed by atoms with E-state index in [9.17, 15) is 0 Å². The predicted octanol–water partition coefficient (Wildman–Crippen LogP) is 3.11. The first-order valence-corrected chi connectivity index (χ1v) is 8.72. The number of thiocarbonyl (C=S) groups is 1. The van der Waals surface area contributed by atoms with Gasteiger partial charge < -0.3 is 15.0 Å². The Kier molecular flexibility index (Phi) is 4.69. The Morgan fingerprint density at radius 1 is 1.27 bits per heavy atom. The van der Waals surface area contributed by atoms with E-state index in [1.54, 1.807) is 7.11 Å². The summed E-state index contributed by atoms with van der Waals surface area (Å²) >= 11 is 5.49. The molecule has 2 heterocycles. The molecule has 0 aliphatic carbocycles. The molecule has 0 aromatic heterocycles. The highest BCUT2D eigenvalue weighted by molar-refractivity contribution is 7.80. The molecule has 0 saturated carbocycles. The summed E-state index contributed by atoms with van der Waals surface area (Å²) in [6, 6.07) is 6.28. The number of likely N-dealkylation sites (tertiary alicyclic amines) is 1. The van der Waals surface area contributed by atoms with E-state index in [1.165, 1.54) is 50.0 Å². The first-order chi connectivity index (χ1) is 10.6. The van der Waals surface area contributed by atoms with Gasteiger partial charge in [0.15, 0.2) is 0 Å². The molecule has 1 unspecified atom stereocenters. The summed E-state index contributed by atoms with van der Waals surface area (Å²) in [4.78, 5) is 3.48. The number of benzene rings is 1. The molecule has 1 aromatic rings. The molecule has 1 fully saturated rings. The first-order valence-electron chi connectivity index (χ1n) is 8.31. The summed E-state index contributed by atoms with van der Waals surface area (Å²) in [6.07, 6.45) is 5.25. The summed E-state index contributed by atoms with van der Waals surface area (Å²) in [5.74, 6) is 0.924. The van der Waals surface area contributed by atoms with Crippen LogP contribution in [0.4, 0.5) is 0 Å². The van der Waals surface area contributed by atoms with Crippen molar-refractivity contribution in [2.24, 2.45) is 0 Å². The van der Waals surface area contributed by atoms with E-state index in [0.717, 1.165) is 23.7 Å². The van der Waals surface area contributed by atoms with Crippen molar-refractivity contribution in [3.63, 3.8) is 0 Å². The normalized spacial score (nSPS) is 25.5. The lowest BCUT2D eigenvalue weighted by molar-refractivity contribution is 0.206. The summed E-state index contributed by atoms with van der Waals surface area (Å²) in [5, 5.41) is 3.43. The predicted molar refractivity (Wildman–Crippen MR) is 95.0 cm³/mol. The summed E-state index contributed by atoms with van der Waals surface area (Å²) in [6.45, 7) is 6.95. The molecule has 4 heteroatoms. The fraction of sp³-hybridized carbons (Fsp3) is 0.611.